The molecule has 1 amide bonds. The van der Waals surface area contributed by atoms with Gasteiger partial charge in [-0.1, -0.05) is 11.6 Å². The van der Waals surface area contributed by atoms with Crippen molar-refractivity contribution in [1.29, 1.82) is 0 Å². The zero-order valence-electron chi connectivity index (χ0n) is 10.1. The molecule has 0 bridgehead atoms. The van der Waals surface area contributed by atoms with Gasteiger partial charge in [0.2, 0.25) is 0 Å². The molecule has 0 aliphatic heterocycles. The van der Waals surface area contributed by atoms with Crippen molar-refractivity contribution in [2.24, 2.45) is 0 Å². The lowest BCUT2D eigenvalue weighted by molar-refractivity contribution is -0.384. The molecular formula is C12H13ClN2O4. The Morgan fingerprint density at radius 3 is 2.68 bits per heavy atom. The normalized spacial score (nSPS) is 16.5. The molecule has 0 radical (unpaired) electrons. The van der Waals surface area contributed by atoms with Crippen LogP contribution >= 0.6 is 11.6 Å². The van der Waals surface area contributed by atoms with Gasteiger partial charge < -0.3 is 10.4 Å². The Kier molecular flexibility index (Phi) is 3.73. The smallest absolute Gasteiger partial charge is 0.287 e. The van der Waals surface area contributed by atoms with Crippen molar-refractivity contribution in [1.82, 2.24) is 5.32 Å². The van der Waals surface area contributed by atoms with Crippen LogP contribution in [0.2, 0.25) is 5.02 Å². The van der Waals surface area contributed by atoms with Gasteiger partial charge in [-0.15, -0.1) is 0 Å². The van der Waals surface area contributed by atoms with Crippen LogP contribution < -0.4 is 5.32 Å². The van der Waals surface area contributed by atoms with Gasteiger partial charge in [0, 0.05) is 18.2 Å². The second-order valence-electron chi connectivity index (χ2n) is 4.68. The quantitative estimate of drug-likeness (QED) is 0.652. The van der Waals surface area contributed by atoms with Crippen LogP contribution in [-0.2, 0) is 0 Å². The highest BCUT2D eigenvalue weighted by molar-refractivity contribution is 6.33. The zero-order chi connectivity index (χ0) is 14.0. The van der Waals surface area contributed by atoms with Gasteiger partial charge in [-0.25, -0.2) is 0 Å². The Morgan fingerprint density at radius 2 is 2.21 bits per heavy atom. The highest BCUT2D eigenvalue weighted by atomic mass is 35.5. The van der Waals surface area contributed by atoms with Gasteiger partial charge in [0.25, 0.3) is 11.6 Å². The van der Waals surface area contributed by atoms with Crippen molar-refractivity contribution in [2.45, 2.75) is 24.9 Å². The number of hydrogen-bond acceptors (Lipinski definition) is 4. The minimum Gasteiger partial charge on any atom is -0.388 e. The first kappa shape index (κ1) is 13.8. The maximum absolute atomic E-state index is 11.8. The van der Waals surface area contributed by atoms with Crippen LogP contribution in [0, 0.1) is 10.1 Å². The lowest BCUT2D eigenvalue weighted by Gasteiger charge is -2.36. The van der Waals surface area contributed by atoms with Gasteiger partial charge >= 0.3 is 0 Å². The van der Waals surface area contributed by atoms with Gasteiger partial charge in [0.05, 0.1) is 10.5 Å². The molecule has 0 atom stereocenters. The monoisotopic (exact) mass is 284 g/mol. The Hall–Kier alpha value is -1.66. The van der Waals surface area contributed by atoms with Crippen LogP contribution in [0.3, 0.4) is 0 Å². The number of nitrogens with zero attached hydrogens (tertiary/aromatic N) is 1. The predicted octanol–water partition coefficient (Wildman–Crippen LogP) is 1.89. The van der Waals surface area contributed by atoms with Crippen LogP contribution in [0.5, 0.6) is 0 Å². The second kappa shape index (κ2) is 5.14. The Morgan fingerprint density at radius 1 is 1.53 bits per heavy atom. The van der Waals surface area contributed by atoms with Gasteiger partial charge in [-0.05, 0) is 31.4 Å². The number of hydrogen-bond donors (Lipinski definition) is 2. The Bertz CT molecular complexity index is 528. The number of nitro benzene ring substituents is 1. The van der Waals surface area contributed by atoms with E-state index in [4.69, 9.17) is 11.6 Å². The van der Waals surface area contributed by atoms with Crippen molar-refractivity contribution in [2.75, 3.05) is 6.54 Å². The van der Waals surface area contributed by atoms with Crippen molar-refractivity contribution >= 4 is 23.2 Å². The molecule has 6 nitrogen and oxygen atoms in total. The van der Waals surface area contributed by atoms with E-state index in [1.807, 2.05) is 0 Å². The number of nitro groups is 1. The molecule has 0 heterocycles. The lowest BCUT2D eigenvalue weighted by Crippen LogP contribution is -2.47. The summed E-state index contributed by atoms with van der Waals surface area (Å²) in [5.41, 5.74) is -0.811. The molecule has 7 heteroatoms. The molecule has 19 heavy (non-hydrogen) atoms. The fraction of sp³-hybridized carbons (Fsp3) is 0.417. The van der Waals surface area contributed by atoms with E-state index in [0.717, 1.165) is 6.42 Å². The molecule has 102 valence electrons. The summed E-state index contributed by atoms with van der Waals surface area (Å²) < 4.78 is 0. The average Bonchev–Trinajstić information content (AvgIpc) is 2.33. The summed E-state index contributed by atoms with van der Waals surface area (Å²) >= 11 is 5.73. The third-order valence-corrected chi connectivity index (χ3v) is 3.57. The Balaban J connectivity index is 2.03. The first-order chi connectivity index (χ1) is 8.91. The molecule has 0 aromatic heterocycles. The zero-order valence-corrected chi connectivity index (χ0v) is 10.8. The third-order valence-electron chi connectivity index (χ3n) is 3.27. The van der Waals surface area contributed by atoms with E-state index in [1.54, 1.807) is 0 Å². The maximum atomic E-state index is 11.8. The molecule has 1 saturated carbocycles. The molecule has 1 aromatic carbocycles. The van der Waals surface area contributed by atoms with Crippen molar-refractivity contribution in [3.63, 3.8) is 0 Å². The van der Waals surface area contributed by atoms with Crippen LogP contribution in [0.4, 0.5) is 5.69 Å². The van der Waals surface area contributed by atoms with Gasteiger partial charge in [-0.2, -0.15) is 0 Å². The largest absolute Gasteiger partial charge is 0.388 e. The van der Waals surface area contributed by atoms with E-state index in [0.29, 0.717) is 12.8 Å². The summed E-state index contributed by atoms with van der Waals surface area (Å²) in [5.74, 6) is -0.405. The molecule has 0 unspecified atom stereocenters. The van der Waals surface area contributed by atoms with E-state index in [-0.39, 0.29) is 22.8 Å². The van der Waals surface area contributed by atoms with E-state index < -0.39 is 16.4 Å². The predicted molar refractivity (Wildman–Crippen MR) is 69.2 cm³/mol. The molecular weight excluding hydrogens is 272 g/mol. The summed E-state index contributed by atoms with van der Waals surface area (Å²) in [4.78, 5) is 21.8. The maximum Gasteiger partial charge on any atom is 0.287 e. The molecule has 1 aliphatic rings. The van der Waals surface area contributed by atoms with Crippen LogP contribution in [0.1, 0.15) is 29.6 Å². The number of rotatable bonds is 4. The van der Waals surface area contributed by atoms with Gasteiger partial charge in [-0.3, -0.25) is 14.9 Å². The first-order valence-corrected chi connectivity index (χ1v) is 6.24. The van der Waals surface area contributed by atoms with E-state index in [2.05, 4.69) is 5.32 Å². The topological polar surface area (TPSA) is 92.5 Å². The minimum absolute atomic E-state index is 0.0833. The van der Waals surface area contributed by atoms with Crippen LogP contribution in [-0.4, -0.2) is 28.1 Å². The van der Waals surface area contributed by atoms with Gasteiger partial charge in [0.1, 0.15) is 5.02 Å². The highest BCUT2D eigenvalue weighted by Gasteiger charge is 2.34. The molecule has 1 aliphatic carbocycles. The molecule has 2 rings (SSSR count). The summed E-state index contributed by atoms with van der Waals surface area (Å²) in [6.07, 6.45) is 2.30. The molecule has 1 aromatic rings. The number of carbonyl (C=O) groups is 1. The first-order valence-electron chi connectivity index (χ1n) is 5.86. The third kappa shape index (κ3) is 3.02. The lowest BCUT2D eigenvalue weighted by atomic mass is 9.80. The average molecular weight is 285 g/mol. The fourth-order valence-electron chi connectivity index (χ4n) is 1.90. The summed E-state index contributed by atoms with van der Waals surface area (Å²) in [6, 6.07) is 3.78. The number of nitrogens with one attached hydrogen (secondary N) is 1. The number of amides is 1. The van der Waals surface area contributed by atoms with E-state index in [1.165, 1.54) is 18.2 Å². The second-order valence-corrected chi connectivity index (χ2v) is 5.09. The summed E-state index contributed by atoms with van der Waals surface area (Å²) in [7, 11) is 0. The molecule has 0 spiro atoms. The van der Waals surface area contributed by atoms with Gasteiger partial charge in [0.15, 0.2) is 0 Å². The standard InChI is InChI=1S/C12H13ClN2O4/c13-9-6-8(2-3-10(9)15(18)19)11(16)14-7-12(17)4-1-5-12/h2-3,6,17H,1,4-5,7H2,(H,14,16). The highest BCUT2D eigenvalue weighted by Crippen LogP contribution is 2.30. The minimum atomic E-state index is -0.805. The number of aliphatic hydroxyl groups is 1. The van der Waals surface area contributed by atoms with E-state index >= 15 is 0 Å². The molecule has 2 N–H and O–H groups in total. The molecule has 1 fully saturated rings. The van der Waals surface area contributed by atoms with Crippen molar-refractivity contribution in [3.8, 4) is 0 Å². The summed E-state index contributed by atoms with van der Waals surface area (Å²) in [5, 5.41) is 23.0. The summed E-state index contributed by atoms with van der Waals surface area (Å²) in [6.45, 7) is 0.181. The van der Waals surface area contributed by atoms with Crippen molar-refractivity contribution in [3.05, 3.63) is 38.9 Å². The van der Waals surface area contributed by atoms with Crippen LogP contribution in [0.25, 0.3) is 0 Å². The SMILES string of the molecule is O=C(NCC1(O)CCC1)c1ccc([N+](=O)[O-])c(Cl)c1. The number of benzene rings is 1. The van der Waals surface area contributed by atoms with Crippen molar-refractivity contribution < 1.29 is 14.8 Å². The van der Waals surface area contributed by atoms with E-state index in [9.17, 15) is 20.0 Å². The van der Waals surface area contributed by atoms with Crippen LogP contribution in [0.15, 0.2) is 18.2 Å². The molecule has 0 saturated heterocycles. The fourth-order valence-corrected chi connectivity index (χ4v) is 2.15. The Labute approximate surface area is 114 Å². The number of halogens is 1. The number of carbonyl (C=O) groups excluding carboxylic acids is 1.